The summed E-state index contributed by atoms with van der Waals surface area (Å²) in [5.41, 5.74) is 0.748. The molecule has 2 N–H and O–H groups in total. The van der Waals surface area contributed by atoms with E-state index in [4.69, 9.17) is 0 Å². The summed E-state index contributed by atoms with van der Waals surface area (Å²) in [5, 5.41) is 6.12. The van der Waals surface area contributed by atoms with Gasteiger partial charge in [0.05, 0.1) is 5.69 Å². The minimum Gasteiger partial charge on any atom is -0.354 e. The number of hydrogen-bond donors (Lipinski definition) is 2. The lowest BCUT2D eigenvalue weighted by atomic mass is 10.3. The smallest absolute Gasteiger partial charge is 0.224 e. The van der Waals surface area contributed by atoms with Crippen LogP contribution in [0.5, 0.6) is 0 Å². The first-order chi connectivity index (χ1) is 8.69. The molecule has 0 bridgehead atoms. The van der Waals surface area contributed by atoms with Gasteiger partial charge in [0.1, 0.15) is 11.6 Å². The minimum atomic E-state index is -0.288. The van der Waals surface area contributed by atoms with Gasteiger partial charge < -0.3 is 10.6 Å². The Balaban J connectivity index is 2.20. The summed E-state index contributed by atoms with van der Waals surface area (Å²) in [7, 11) is 0. The largest absolute Gasteiger partial charge is 0.354 e. The number of hydrogen-bond acceptors (Lipinski definition) is 4. The van der Waals surface area contributed by atoms with Crippen LogP contribution in [0.2, 0.25) is 0 Å². The van der Waals surface area contributed by atoms with Crippen molar-refractivity contribution in [1.29, 1.82) is 0 Å². The van der Waals surface area contributed by atoms with Crippen LogP contribution >= 0.6 is 15.9 Å². The Labute approximate surface area is 113 Å². The van der Waals surface area contributed by atoms with Crippen LogP contribution in [0.15, 0.2) is 34.9 Å². The molecule has 0 radical (unpaired) electrons. The molecule has 0 atom stereocenters. The van der Waals surface area contributed by atoms with Crippen molar-refractivity contribution >= 4 is 33.4 Å². The standard InChI is InChI=1S/C12H12BrFN4/c1-2-15-12-16-6-5-11(18-12)17-10-4-3-8(14)7-9(10)13/h3-7H,2H2,1H3,(H2,15,16,17,18). The van der Waals surface area contributed by atoms with Crippen LogP contribution in [0, 0.1) is 5.82 Å². The predicted molar refractivity (Wildman–Crippen MR) is 73.6 cm³/mol. The van der Waals surface area contributed by atoms with Crippen LogP contribution in [-0.2, 0) is 0 Å². The Morgan fingerprint density at radius 3 is 2.89 bits per heavy atom. The van der Waals surface area contributed by atoms with E-state index in [2.05, 4.69) is 36.5 Å². The van der Waals surface area contributed by atoms with Gasteiger partial charge in [0, 0.05) is 17.2 Å². The van der Waals surface area contributed by atoms with Gasteiger partial charge in [-0.1, -0.05) is 0 Å². The summed E-state index contributed by atoms with van der Waals surface area (Å²) < 4.78 is 13.6. The Bertz CT molecular complexity index is 547. The van der Waals surface area contributed by atoms with Gasteiger partial charge in [0.25, 0.3) is 0 Å². The molecule has 0 aliphatic rings. The molecule has 1 aromatic carbocycles. The van der Waals surface area contributed by atoms with Crippen LogP contribution < -0.4 is 10.6 Å². The summed E-state index contributed by atoms with van der Waals surface area (Å²) in [6.07, 6.45) is 1.66. The van der Waals surface area contributed by atoms with E-state index in [1.807, 2.05) is 6.92 Å². The van der Waals surface area contributed by atoms with Crippen molar-refractivity contribution in [2.45, 2.75) is 6.92 Å². The summed E-state index contributed by atoms with van der Waals surface area (Å²) in [4.78, 5) is 8.35. The van der Waals surface area contributed by atoms with Gasteiger partial charge in [-0.05, 0) is 47.1 Å². The van der Waals surface area contributed by atoms with Gasteiger partial charge >= 0.3 is 0 Å². The number of benzene rings is 1. The van der Waals surface area contributed by atoms with Crippen molar-refractivity contribution in [2.75, 3.05) is 17.2 Å². The van der Waals surface area contributed by atoms with Gasteiger partial charge in [-0.3, -0.25) is 0 Å². The first-order valence-electron chi connectivity index (χ1n) is 5.48. The third-order valence-electron chi connectivity index (χ3n) is 2.18. The second kappa shape index (κ2) is 5.77. The average molecular weight is 311 g/mol. The zero-order chi connectivity index (χ0) is 13.0. The van der Waals surface area contributed by atoms with Gasteiger partial charge in [-0.25, -0.2) is 9.37 Å². The Morgan fingerprint density at radius 1 is 1.33 bits per heavy atom. The van der Waals surface area contributed by atoms with Crippen LogP contribution in [0.25, 0.3) is 0 Å². The highest BCUT2D eigenvalue weighted by Crippen LogP contribution is 2.25. The van der Waals surface area contributed by atoms with Gasteiger partial charge in [0.15, 0.2) is 0 Å². The van der Waals surface area contributed by atoms with Gasteiger partial charge in [-0.15, -0.1) is 0 Å². The second-order valence-corrected chi connectivity index (χ2v) is 4.40. The van der Waals surface area contributed by atoms with Crippen molar-refractivity contribution in [3.8, 4) is 0 Å². The molecule has 1 heterocycles. The fourth-order valence-corrected chi connectivity index (χ4v) is 1.85. The fourth-order valence-electron chi connectivity index (χ4n) is 1.40. The fraction of sp³-hybridized carbons (Fsp3) is 0.167. The highest BCUT2D eigenvalue weighted by Gasteiger charge is 2.03. The molecule has 0 spiro atoms. The first kappa shape index (κ1) is 12.8. The summed E-state index contributed by atoms with van der Waals surface area (Å²) >= 11 is 3.29. The van der Waals surface area contributed by atoms with E-state index in [0.29, 0.717) is 16.2 Å². The SMILES string of the molecule is CCNc1nccc(Nc2ccc(F)cc2Br)n1. The third kappa shape index (κ3) is 3.16. The lowest BCUT2D eigenvalue weighted by Gasteiger charge is -2.09. The molecule has 4 nitrogen and oxygen atoms in total. The van der Waals surface area contributed by atoms with Gasteiger partial charge in [0.2, 0.25) is 5.95 Å². The number of nitrogens with zero attached hydrogens (tertiary/aromatic N) is 2. The molecule has 2 rings (SSSR count). The normalized spacial score (nSPS) is 10.2. The van der Waals surface area contributed by atoms with Crippen molar-refractivity contribution in [3.05, 3.63) is 40.8 Å². The van der Waals surface area contributed by atoms with Crippen molar-refractivity contribution in [2.24, 2.45) is 0 Å². The van der Waals surface area contributed by atoms with Crippen LogP contribution in [0.4, 0.5) is 21.8 Å². The predicted octanol–water partition coefficient (Wildman–Crippen LogP) is 3.55. The number of nitrogens with one attached hydrogen (secondary N) is 2. The third-order valence-corrected chi connectivity index (χ3v) is 2.84. The lowest BCUT2D eigenvalue weighted by molar-refractivity contribution is 0.627. The number of anilines is 3. The summed E-state index contributed by atoms with van der Waals surface area (Å²) in [6.45, 7) is 2.73. The molecule has 94 valence electrons. The second-order valence-electron chi connectivity index (χ2n) is 3.54. The maximum atomic E-state index is 13.0. The minimum absolute atomic E-state index is 0.288. The Morgan fingerprint density at radius 2 is 2.17 bits per heavy atom. The van der Waals surface area contributed by atoms with Crippen LogP contribution in [0.1, 0.15) is 6.92 Å². The molecular formula is C12H12BrFN4. The molecule has 0 aliphatic carbocycles. The van der Waals surface area contributed by atoms with E-state index < -0.39 is 0 Å². The molecular weight excluding hydrogens is 299 g/mol. The highest BCUT2D eigenvalue weighted by molar-refractivity contribution is 9.10. The Kier molecular flexibility index (Phi) is 4.09. The Hall–Kier alpha value is -1.69. The van der Waals surface area contributed by atoms with E-state index in [1.54, 1.807) is 18.3 Å². The summed E-state index contributed by atoms with van der Waals surface area (Å²) in [6, 6.07) is 6.18. The van der Waals surface area contributed by atoms with Crippen molar-refractivity contribution < 1.29 is 4.39 Å². The van der Waals surface area contributed by atoms with E-state index in [1.165, 1.54) is 12.1 Å². The molecule has 0 amide bonds. The molecule has 0 saturated carbocycles. The number of rotatable bonds is 4. The quantitative estimate of drug-likeness (QED) is 0.906. The van der Waals surface area contributed by atoms with E-state index in [-0.39, 0.29) is 5.82 Å². The molecule has 0 fully saturated rings. The number of aromatic nitrogens is 2. The van der Waals surface area contributed by atoms with Gasteiger partial charge in [-0.2, -0.15) is 4.98 Å². The van der Waals surface area contributed by atoms with E-state index in [9.17, 15) is 4.39 Å². The monoisotopic (exact) mass is 310 g/mol. The molecule has 0 saturated heterocycles. The maximum absolute atomic E-state index is 13.0. The van der Waals surface area contributed by atoms with E-state index >= 15 is 0 Å². The molecule has 0 aliphatic heterocycles. The molecule has 1 aromatic heterocycles. The van der Waals surface area contributed by atoms with Crippen molar-refractivity contribution in [1.82, 2.24) is 9.97 Å². The number of halogens is 2. The molecule has 0 unspecified atom stereocenters. The topological polar surface area (TPSA) is 49.8 Å². The first-order valence-corrected chi connectivity index (χ1v) is 6.27. The van der Waals surface area contributed by atoms with E-state index in [0.717, 1.165) is 12.2 Å². The van der Waals surface area contributed by atoms with Crippen molar-refractivity contribution in [3.63, 3.8) is 0 Å². The maximum Gasteiger partial charge on any atom is 0.224 e. The molecule has 2 aromatic rings. The average Bonchev–Trinajstić information content (AvgIpc) is 2.34. The molecule has 18 heavy (non-hydrogen) atoms. The highest BCUT2D eigenvalue weighted by atomic mass is 79.9. The van der Waals surface area contributed by atoms with Crippen LogP contribution in [0.3, 0.4) is 0 Å². The lowest BCUT2D eigenvalue weighted by Crippen LogP contribution is -2.03. The molecule has 6 heteroatoms. The zero-order valence-electron chi connectivity index (χ0n) is 9.74. The zero-order valence-corrected chi connectivity index (χ0v) is 11.3. The summed E-state index contributed by atoms with van der Waals surface area (Å²) in [5.74, 6) is 0.914. The van der Waals surface area contributed by atoms with Crippen LogP contribution in [-0.4, -0.2) is 16.5 Å².